The minimum Gasteiger partial charge on any atom is -0.324 e. The molecule has 0 spiro atoms. The standard InChI is InChI=1S/C20H21BrN2O/c1-15-7-8-19(18(21)13-15)22-20(24)14-23-11-9-17(10-12-23)16-5-3-2-4-6-16/h2-9,13H,10-12,14H2,1H3,(H,22,24). The lowest BCUT2D eigenvalue weighted by atomic mass is 10.00. The molecule has 0 atom stereocenters. The van der Waals surface area contributed by atoms with Crippen molar-refractivity contribution in [2.24, 2.45) is 0 Å². The van der Waals surface area contributed by atoms with Crippen molar-refractivity contribution in [2.45, 2.75) is 13.3 Å². The molecule has 2 aromatic rings. The summed E-state index contributed by atoms with van der Waals surface area (Å²) in [5.74, 6) is 0.0242. The van der Waals surface area contributed by atoms with Gasteiger partial charge in [-0.05, 0) is 58.1 Å². The van der Waals surface area contributed by atoms with Crippen LogP contribution >= 0.6 is 15.9 Å². The van der Waals surface area contributed by atoms with E-state index in [2.05, 4.69) is 56.5 Å². The Hall–Kier alpha value is -1.91. The van der Waals surface area contributed by atoms with E-state index in [0.717, 1.165) is 35.2 Å². The first kappa shape index (κ1) is 16.9. The van der Waals surface area contributed by atoms with Crippen molar-refractivity contribution in [3.8, 4) is 0 Å². The minimum atomic E-state index is 0.0242. The van der Waals surface area contributed by atoms with Gasteiger partial charge in [0.25, 0.3) is 0 Å². The van der Waals surface area contributed by atoms with Crippen LogP contribution in [0.1, 0.15) is 17.5 Å². The summed E-state index contributed by atoms with van der Waals surface area (Å²) >= 11 is 3.50. The van der Waals surface area contributed by atoms with E-state index in [0.29, 0.717) is 6.54 Å². The molecule has 0 saturated carbocycles. The van der Waals surface area contributed by atoms with Crippen LogP contribution in [0.3, 0.4) is 0 Å². The lowest BCUT2D eigenvalue weighted by Crippen LogP contribution is -2.36. The molecule has 1 amide bonds. The topological polar surface area (TPSA) is 32.3 Å². The third kappa shape index (κ3) is 4.34. The Kier molecular flexibility index (Phi) is 5.48. The smallest absolute Gasteiger partial charge is 0.238 e. The van der Waals surface area contributed by atoms with Crippen LogP contribution in [0.2, 0.25) is 0 Å². The molecule has 0 aliphatic carbocycles. The molecule has 1 heterocycles. The molecule has 24 heavy (non-hydrogen) atoms. The van der Waals surface area contributed by atoms with Crippen LogP contribution in [0, 0.1) is 6.92 Å². The van der Waals surface area contributed by atoms with E-state index >= 15 is 0 Å². The van der Waals surface area contributed by atoms with E-state index in [9.17, 15) is 4.79 Å². The van der Waals surface area contributed by atoms with Gasteiger partial charge < -0.3 is 5.32 Å². The zero-order chi connectivity index (χ0) is 16.9. The summed E-state index contributed by atoms with van der Waals surface area (Å²) in [6.07, 6.45) is 3.21. The zero-order valence-electron chi connectivity index (χ0n) is 13.8. The Labute approximate surface area is 151 Å². The second-order valence-corrected chi connectivity index (χ2v) is 6.97. The average molecular weight is 385 g/mol. The second kappa shape index (κ2) is 7.77. The summed E-state index contributed by atoms with van der Waals surface area (Å²) in [6, 6.07) is 16.4. The lowest BCUT2D eigenvalue weighted by Gasteiger charge is -2.26. The number of benzene rings is 2. The summed E-state index contributed by atoms with van der Waals surface area (Å²) in [5, 5.41) is 2.98. The zero-order valence-corrected chi connectivity index (χ0v) is 15.3. The number of carbonyl (C=O) groups excluding carboxylic acids is 1. The predicted molar refractivity (Wildman–Crippen MR) is 103 cm³/mol. The average Bonchev–Trinajstić information content (AvgIpc) is 2.59. The lowest BCUT2D eigenvalue weighted by molar-refractivity contribution is -0.117. The molecule has 1 N–H and O–H groups in total. The molecular formula is C20H21BrN2O. The fraction of sp³-hybridized carbons (Fsp3) is 0.250. The van der Waals surface area contributed by atoms with Crippen molar-refractivity contribution >= 4 is 33.1 Å². The van der Waals surface area contributed by atoms with E-state index in [1.165, 1.54) is 11.1 Å². The SMILES string of the molecule is Cc1ccc(NC(=O)CN2CC=C(c3ccccc3)CC2)c(Br)c1. The molecule has 0 unspecified atom stereocenters. The van der Waals surface area contributed by atoms with Crippen molar-refractivity contribution in [3.05, 3.63) is 70.2 Å². The number of nitrogens with zero attached hydrogens (tertiary/aromatic N) is 1. The van der Waals surface area contributed by atoms with Gasteiger partial charge in [0.15, 0.2) is 0 Å². The third-order valence-corrected chi connectivity index (χ3v) is 4.86. The van der Waals surface area contributed by atoms with Gasteiger partial charge in [0.05, 0.1) is 12.2 Å². The predicted octanol–water partition coefficient (Wildman–Crippen LogP) is 4.49. The number of anilines is 1. The Morgan fingerprint density at radius 2 is 2.00 bits per heavy atom. The van der Waals surface area contributed by atoms with E-state index in [1.807, 2.05) is 31.2 Å². The van der Waals surface area contributed by atoms with Crippen LogP contribution in [-0.4, -0.2) is 30.4 Å². The summed E-state index contributed by atoms with van der Waals surface area (Å²) in [5.41, 5.74) is 4.64. The number of hydrogen-bond acceptors (Lipinski definition) is 2. The van der Waals surface area contributed by atoms with Crippen LogP contribution in [0.4, 0.5) is 5.69 Å². The van der Waals surface area contributed by atoms with Crippen molar-refractivity contribution in [1.29, 1.82) is 0 Å². The fourth-order valence-electron chi connectivity index (χ4n) is 2.88. The molecule has 2 aromatic carbocycles. The summed E-state index contributed by atoms with van der Waals surface area (Å²) in [4.78, 5) is 14.4. The largest absolute Gasteiger partial charge is 0.324 e. The Morgan fingerprint density at radius 3 is 2.67 bits per heavy atom. The van der Waals surface area contributed by atoms with E-state index < -0.39 is 0 Å². The van der Waals surface area contributed by atoms with Gasteiger partial charge >= 0.3 is 0 Å². The first-order valence-corrected chi connectivity index (χ1v) is 8.94. The summed E-state index contributed by atoms with van der Waals surface area (Å²) < 4.78 is 0.917. The first-order chi connectivity index (χ1) is 11.6. The monoisotopic (exact) mass is 384 g/mol. The number of carbonyl (C=O) groups is 1. The van der Waals surface area contributed by atoms with Crippen molar-refractivity contribution < 1.29 is 4.79 Å². The van der Waals surface area contributed by atoms with Crippen molar-refractivity contribution in [1.82, 2.24) is 4.90 Å². The number of rotatable bonds is 4. The van der Waals surface area contributed by atoms with Crippen LogP contribution in [0.5, 0.6) is 0 Å². The molecule has 0 fully saturated rings. The highest BCUT2D eigenvalue weighted by Gasteiger charge is 2.16. The molecule has 4 heteroatoms. The highest BCUT2D eigenvalue weighted by Crippen LogP contribution is 2.24. The molecule has 0 aromatic heterocycles. The number of aryl methyl sites for hydroxylation is 1. The molecule has 3 nitrogen and oxygen atoms in total. The molecule has 0 radical (unpaired) electrons. The van der Waals surface area contributed by atoms with Crippen LogP contribution in [0.25, 0.3) is 5.57 Å². The quantitative estimate of drug-likeness (QED) is 0.842. The van der Waals surface area contributed by atoms with Crippen LogP contribution in [-0.2, 0) is 4.79 Å². The first-order valence-electron chi connectivity index (χ1n) is 8.14. The van der Waals surface area contributed by atoms with Gasteiger partial charge in [0, 0.05) is 17.6 Å². The molecule has 124 valence electrons. The van der Waals surface area contributed by atoms with Crippen LogP contribution < -0.4 is 5.32 Å². The van der Waals surface area contributed by atoms with Crippen molar-refractivity contribution in [3.63, 3.8) is 0 Å². The minimum absolute atomic E-state index is 0.0242. The highest BCUT2D eigenvalue weighted by atomic mass is 79.9. The number of hydrogen-bond donors (Lipinski definition) is 1. The molecule has 1 aliphatic rings. The second-order valence-electron chi connectivity index (χ2n) is 6.11. The molecule has 1 aliphatic heterocycles. The maximum Gasteiger partial charge on any atom is 0.238 e. The summed E-state index contributed by atoms with van der Waals surface area (Å²) in [7, 11) is 0. The fourth-order valence-corrected chi connectivity index (χ4v) is 3.48. The Balaban J connectivity index is 1.56. The van der Waals surface area contributed by atoms with Gasteiger partial charge in [-0.2, -0.15) is 0 Å². The molecular weight excluding hydrogens is 364 g/mol. The Bertz CT molecular complexity index is 755. The summed E-state index contributed by atoms with van der Waals surface area (Å²) in [6.45, 7) is 4.16. The maximum absolute atomic E-state index is 12.3. The molecule has 0 saturated heterocycles. The van der Waals surface area contributed by atoms with Crippen LogP contribution in [0.15, 0.2) is 59.1 Å². The molecule has 0 bridgehead atoms. The van der Waals surface area contributed by atoms with Gasteiger partial charge in [-0.1, -0.05) is 42.5 Å². The van der Waals surface area contributed by atoms with E-state index in [4.69, 9.17) is 0 Å². The number of halogens is 1. The van der Waals surface area contributed by atoms with Gasteiger partial charge in [0.1, 0.15) is 0 Å². The van der Waals surface area contributed by atoms with Crippen molar-refractivity contribution in [2.75, 3.05) is 25.0 Å². The van der Waals surface area contributed by atoms with Gasteiger partial charge in [-0.15, -0.1) is 0 Å². The Morgan fingerprint density at radius 1 is 1.21 bits per heavy atom. The number of amides is 1. The normalized spacial score (nSPS) is 15.0. The molecule has 3 rings (SSSR count). The van der Waals surface area contributed by atoms with E-state index in [1.54, 1.807) is 0 Å². The van der Waals surface area contributed by atoms with E-state index in [-0.39, 0.29) is 5.91 Å². The maximum atomic E-state index is 12.3. The highest BCUT2D eigenvalue weighted by molar-refractivity contribution is 9.10. The third-order valence-electron chi connectivity index (χ3n) is 4.20. The number of nitrogens with one attached hydrogen (secondary N) is 1. The van der Waals surface area contributed by atoms with Gasteiger partial charge in [-0.3, -0.25) is 9.69 Å². The van der Waals surface area contributed by atoms with Gasteiger partial charge in [0.2, 0.25) is 5.91 Å². The van der Waals surface area contributed by atoms with Gasteiger partial charge in [-0.25, -0.2) is 0 Å².